The summed E-state index contributed by atoms with van der Waals surface area (Å²) in [5.41, 5.74) is 2.41. The van der Waals surface area contributed by atoms with Gasteiger partial charge in [-0.1, -0.05) is 23.7 Å². The van der Waals surface area contributed by atoms with Crippen LogP contribution in [0.5, 0.6) is 11.5 Å². The summed E-state index contributed by atoms with van der Waals surface area (Å²) < 4.78 is 35.2. The Kier molecular flexibility index (Phi) is 5.80. The zero-order valence-corrected chi connectivity index (χ0v) is 23.6. The van der Waals surface area contributed by atoms with Gasteiger partial charge in [-0.3, -0.25) is 9.88 Å². The Balaban J connectivity index is 1.01. The number of hydrogen-bond acceptors (Lipinski definition) is 7. The van der Waals surface area contributed by atoms with Crippen LogP contribution in [0.3, 0.4) is 0 Å². The number of carbonyl (C=O) groups is 1. The maximum absolute atomic E-state index is 14.9. The molecule has 42 heavy (non-hydrogen) atoms. The maximum atomic E-state index is 14.9. The summed E-state index contributed by atoms with van der Waals surface area (Å²) in [5, 5.41) is 10.0. The van der Waals surface area contributed by atoms with Gasteiger partial charge in [-0.05, 0) is 54.5 Å². The highest BCUT2D eigenvalue weighted by molar-refractivity contribution is 6.30. The Bertz CT molecular complexity index is 1730. The number of carboxylic acids is 1. The van der Waals surface area contributed by atoms with E-state index < -0.39 is 17.6 Å². The lowest BCUT2D eigenvalue weighted by atomic mass is 10.0. The molecule has 3 aliphatic heterocycles. The number of carboxylic acid groups (broad SMARTS) is 1. The smallest absolute Gasteiger partial charge is 0.335 e. The number of pyridine rings is 1. The van der Waals surface area contributed by atoms with Crippen LogP contribution in [-0.2, 0) is 23.6 Å². The van der Waals surface area contributed by atoms with Crippen molar-refractivity contribution in [1.29, 1.82) is 0 Å². The molecule has 1 saturated carbocycles. The van der Waals surface area contributed by atoms with Crippen LogP contribution < -0.4 is 9.47 Å². The van der Waals surface area contributed by atoms with E-state index in [9.17, 15) is 14.3 Å². The zero-order valence-electron chi connectivity index (χ0n) is 22.8. The molecular formula is C31H28ClFN4O5. The van der Waals surface area contributed by atoms with Crippen LogP contribution in [0.4, 0.5) is 4.39 Å². The van der Waals surface area contributed by atoms with Crippen molar-refractivity contribution in [2.75, 3.05) is 19.7 Å². The summed E-state index contributed by atoms with van der Waals surface area (Å²) in [6.45, 7) is 5.39. The molecule has 2 saturated heterocycles. The Labute approximate surface area is 245 Å². The number of benzene rings is 2. The molecule has 11 heteroatoms. The molecule has 0 spiro atoms. The van der Waals surface area contributed by atoms with Crippen molar-refractivity contribution in [2.45, 2.75) is 44.2 Å². The summed E-state index contributed by atoms with van der Waals surface area (Å²) in [5.74, 6) is 0.678. The Morgan fingerprint density at radius 1 is 1.19 bits per heavy atom. The number of fused-ring (bicyclic) bond motifs is 3. The van der Waals surface area contributed by atoms with Gasteiger partial charge in [0.15, 0.2) is 17.3 Å². The monoisotopic (exact) mass is 590 g/mol. The van der Waals surface area contributed by atoms with Gasteiger partial charge in [0.2, 0.25) is 0 Å². The van der Waals surface area contributed by atoms with Crippen molar-refractivity contribution in [2.24, 2.45) is 11.8 Å². The standard InChI is InChI=1S/C31H28ClFN4O5/c1-31(25-6-5-17(32)11-34-25)41-24-4-2-3-19(29(24)42-31)27-20-13-36(14-21(20)27)15-26-35-28-22(33)9-16(30(38)39)10-23(28)37(26)12-18-7-8-40-18/h2-6,9-11,18,20-21,27H,7-8,12-15H2,1H3,(H,38,39)/t18-,20-,21+,27+,31+/m0/s1. The van der Waals surface area contributed by atoms with E-state index in [1.54, 1.807) is 12.3 Å². The molecule has 4 aliphatic rings. The molecule has 0 radical (unpaired) electrons. The molecule has 0 unspecified atom stereocenters. The fraction of sp³-hybridized carbons (Fsp3) is 0.387. The molecule has 9 nitrogen and oxygen atoms in total. The number of rotatable bonds is 7. The number of likely N-dealkylation sites (tertiary alicyclic amines) is 1. The van der Waals surface area contributed by atoms with Gasteiger partial charge >= 0.3 is 5.97 Å². The average Bonchev–Trinajstić information content (AvgIpc) is 3.23. The topological polar surface area (TPSA) is 98.9 Å². The molecule has 2 aromatic heterocycles. The van der Waals surface area contributed by atoms with Gasteiger partial charge < -0.3 is 23.9 Å². The van der Waals surface area contributed by atoms with Crippen molar-refractivity contribution in [3.8, 4) is 11.5 Å². The van der Waals surface area contributed by atoms with E-state index in [1.807, 2.05) is 29.7 Å². The molecule has 0 amide bonds. The van der Waals surface area contributed by atoms with Crippen LogP contribution in [0.25, 0.3) is 11.0 Å². The summed E-state index contributed by atoms with van der Waals surface area (Å²) in [6, 6.07) is 12.2. The zero-order chi connectivity index (χ0) is 28.7. The van der Waals surface area contributed by atoms with E-state index in [-0.39, 0.29) is 17.2 Å². The SMILES string of the molecule is C[C@@]1(c2ccc(Cl)cn2)Oc2cccc([C@H]3[C@@H]4CN(Cc5nc6c(F)cc(C(=O)O)cc6n5C[C@@H]5CCO5)C[C@@H]43)c2O1. The van der Waals surface area contributed by atoms with Crippen molar-refractivity contribution < 1.29 is 28.5 Å². The minimum Gasteiger partial charge on any atom is -0.478 e. The highest BCUT2D eigenvalue weighted by Gasteiger charge is 2.58. The number of nitrogens with zero attached hydrogens (tertiary/aromatic N) is 4. The van der Waals surface area contributed by atoms with Crippen LogP contribution in [0.2, 0.25) is 5.02 Å². The molecule has 3 fully saturated rings. The molecule has 216 valence electrons. The van der Waals surface area contributed by atoms with Crippen LogP contribution in [0.15, 0.2) is 48.7 Å². The lowest BCUT2D eigenvalue weighted by Crippen LogP contribution is -2.33. The van der Waals surface area contributed by atoms with Gasteiger partial charge in [0.1, 0.15) is 17.0 Å². The number of piperidine rings is 1. The van der Waals surface area contributed by atoms with Gasteiger partial charge in [-0.2, -0.15) is 0 Å². The molecule has 4 aromatic rings. The first-order valence-electron chi connectivity index (χ1n) is 14.2. The van der Waals surface area contributed by atoms with Crippen LogP contribution >= 0.6 is 11.6 Å². The Hall–Kier alpha value is -3.73. The van der Waals surface area contributed by atoms with E-state index in [1.165, 1.54) is 6.07 Å². The van der Waals surface area contributed by atoms with Gasteiger partial charge in [0, 0.05) is 38.4 Å². The number of imidazole rings is 1. The highest BCUT2D eigenvalue weighted by Crippen LogP contribution is 2.62. The molecule has 5 atom stereocenters. The summed E-state index contributed by atoms with van der Waals surface area (Å²) in [4.78, 5) is 23.0. The number of ether oxygens (including phenoxy) is 3. The normalized spacial score (nSPS) is 27.7. The molecule has 5 heterocycles. The number of para-hydroxylation sites is 1. The summed E-state index contributed by atoms with van der Waals surface area (Å²) in [6.07, 6.45) is 2.52. The van der Waals surface area contributed by atoms with Crippen LogP contribution in [0.1, 0.15) is 46.7 Å². The first-order chi connectivity index (χ1) is 20.3. The van der Waals surface area contributed by atoms with Crippen LogP contribution in [0, 0.1) is 17.7 Å². The lowest BCUT2D eigenvalue weighted by molar-refractivity contribution is -0.0721. The Morgan fingerprint density at radius 3 is 2.69 bits per heavy atom. The molecule has 2 aromatic carbocycles. The van der Waals surface area contributed by atoms with Gasteiger partial charge in [-0.25, -0.2) is 14.2 Å². The summed E-state index contributed by atoms with van der Waals surface area (Å²) in [7, 11) is 0. The molecule has 0 bridgehead atoms. The predicted molar refractivity (Wildman–Crippen MR) is 150 cm³/mol. The predicted octanol–water partition coefficient (Wildman–Crippen LogP) is 5.20. The fourth-order valence-electron chi connectivity index (χ4n) is 6.87. The van der Waals surface area contributed by atoms with E-state index in [4.69, 9.17) is 25.8 Å². The minimum absolute atomic E-state index is 0.0187. The van der Waals surface area contributed by atoms with Crippen molar-refractivity contribution >= 4 is 28.6 Å². The number of aromatic nitrogens is 3. The highest BCUT2D eigenvalue weighted by atomic mass is 35.5. The first-order valence-corrected chi connectivity index (χ1v) is 14.5. The number of hydrogen-bond donors (Lipinski definition) is 1. The quantitative estimate of drug-likeness (QED) is 0.314. The van der Waals surface area contributed by atoms with E-state index in [0.717, 1.165) is 42.7 Å². The summed E-state index contributed by atoms with van der Waals surface area (Å²) >= 11 is 6.03. The molecular weight excluding hydrogens is 563 g/mol. The van der Waals surface area contributed by atoms with Crippen molar-refractivity contribution in [1.82, 2.24) is 19.4 Å². The lowest BCUT2D eigenvalue weighted by Gasteiger charge is -2.28. The second kappa shape index (κ2) is 9.39. The number of aromatic carboxylic acids is 1. The molecule has 1 N–H and O–H groups in total. The largest absolute Gasteiger partial charge is 0.478 e. The van der Waals surface area contributed by atoms with Gasteiger partial charge in [0.05, 0.1) is 35.3 Å². The van der Waals surface area contributed by atoms with Gasteiger partial charge in [-0.15, -0.1) is 0 Å². The van der Waals surface area contributed by atoms with E-state index in [0.29, 0.717) is 59.4 Å². The average molecular weight is 591 g/mol. The first kappa shape index (κ1) is 25.9. The second-order valence-corrected chi connectivity index (χ2v) is 12.2. The van der Waals surface area contributed by atoms with Gasteiger partial charge in [0.25, 0.3) is 5.79 Å². The van der Waals surface area contributed by atoms with Crippen molar-refractivity contribution in [3.63, 3.8) is 0 Å². The maximum Gasteiger partial charge on any atom is 0.335 e. The second-order valence-electron chi connectivity index (χ2n) is 11.8. The fourth-order valence-corrected chi connectivity index (χ4v) is 6.98. The third-order valence-electron chi connectivity index (χ3n) is 9.11. The minimum atomic E-state index is -1.16. The Morgan fingerprint density at radius 2 is 2.00 bits per heavy atom. The van der Waals surface area contributed by atoms with Crippen molar-refractivity contribution in [3.05, 3.63) is 82.1 Å². The third kappa shape index (κ3) is 4.15. The molecule has 1 aliphatic carbocycles. The number of halogens is 2. The third-order valence-corrected chi connectivity index (χ3v) is 9.33. The van der Waals surface area contributed by atoms with E-state index in [2.05, 4.69) is 20.9 Å². The van der Waals surface area contributed by atoms with E-state index >= 15 is 0 Å². The molecule has 8 rings (SSSR count). The van der Waals surface area contributed by atoms with Crippen LogP contribution in [-0.4, -0.2) is 56.3 Å².